The highest BCUT2D eigenvalue weighted by atomic mass is 19.2. The molecular formula is C15H19FN5O3+. The first-order valence-corrected chi connectivity index (χ1v) is 7.99. The van der Waals surface area contributed by atoms with E-state index in [9.17, 15) is 18.9 Å². The van der Waals surface area contributed by atoms with Crippen molar-refractivity contribution in [2.24, 2.45) is 5.92 Å². The fourth-order valence-electron chi connectivity index (χ4n) is 4.37. The summed E-state index contributed by atoms with van der Waals surface area (Å²) in [6.45, 7) is 1.50. The van der Waals surface area contributed by atoms with Gasteiger partial charge in [0, 0.05) is 25.1 Å². The quantitative estimate of drug-likeness (QED) is 0.547. The summed E-state index contributed by atoms with van der Waals surface area (Å²) >= 11 is 0. The average Bonchev–Trinajstić information content (AvgIpc) is 2.86. The van der Waals surface area contributed by atoms with Gasteiger partial charge in [-0.1, -0.05) is 0 Å². The second-order valence-corrected chi connectivity index (χ2v) is 6.82. The molecule has 0 aliphatic carbocycles. The maximum Gasteiger partial charge on any atom is 0.274 e. The summed E-state index contributed by atoms with van der Waals surface area (Å²) in [5.74, 6) is 0.0322. The number of quaternary nitrogens is 1. The highest BCUT2D eigenvalue weighted by Gasteiger charge is 2.65. The summed E-state index contributed by atoms with van der Waals surface area (Å²) in [6.07, 6.45) is 2.38. The van der Waals surface area contributed by atoms with E-state index in [0.29, 0.717) is 25.5 Å². The standard InChI is InChI=1S/C15H18FN5O3/c16-21-7-10-4-12(21)14(20(5-10)9-21)18-13(23)6-19-3-1-2-11(15(19)24)17-8-22/h1-3,8,10,12,14H,4-7,9H2,(H-,17,18,22,23)/p+1. The van der Waals surface area contributed by atoms with Gasteiger partial charge >= 0.3 is 0 Å². The Bertz CT molecular complexity index is 753. The number of piperidine rings is 1. The molecule has 0 spiro atoms. The predicted molar refractivity (Wildman–Crippen MR) is 82.0 cm³/mol. The molecule has 0 aromatic carbocycles. The normalized spacial score (nSPS) is 35.9. The number of rotatable bonds is 5. The summed E-state index contributed by atoms with van der Waals surface area (Å²) in [7, 11) is 0. The van der Waals surface area contributed by atoms with E-state index in [0.717, 1.165) is 13.0 Å². The van der Waals surface area contributed by atoms with Crippen molar-refractivity contribution < 1.29 is 18.8 Å². The molecule has 1 aromatic rings. The highest BCUT2D eigenvalue weighted by Crippen LogP contribution is 2.45. The van der Waals surface area contributed by atoms with Crippen LogP contribution in [0.4, 0.5) is 10.2 Å². The molecule has 5 atom stereocenters. The van der Waals surface area contributed by atoms with Crippen LogP contribution in [0.15, 0.2) is 23.1 Å². The molecule has 24 heavy (non-hydrogen) atoms. The molecule has 5 rings (SSSR count). The van der Waals surface area contributed by atoms with Crippen LogP contribution in [0.5, 0.6) is 0 Å². The Morgan fingerprint density at radius 1 is 1.50 bits per heavy atom. The van der Waals surface area contributed by atoms with Crippen molar-refractivity contribution >= 4 is 18.0 Å². The Morgan fingerprint density at radius 3 is 3.08 bits per heavy atom. The zero-order valence-corrected chi connectivity index (χ0v) is 13.0. The van der Waals surface area contributed by atoms with E-state index in [4.69, 9.17) is 0 Å². The molecule has 9 heteroatoms. The Kier molecular flexibility index (Phi) is 3.43. The molecule has 0 radical (unpaired) electrons. The van der Waals surface area contributed by atoms with Crippen LogP contribution >= 0.6 is 0 Å². The number of aromatic nitrogens is 1. The zero-order valence-electron chi connectivity index (χ0n) is 13.0. The first kappa shape index (κ1) is 15.3. The summed E-state index contributed by atoms with van der Waals surface area (Å²) < 4.78 is 15.5. The molecule has 4 aliphatic heterocycles. The van der Waals surface area contributed by atoms with Crippen LogP contribution < -0.4 is 16.2 Å². The van der Waals surface area contributed by atoms with Gasteiger partial charge in [-0.3, -0.25) is 14.4 Å². The molecule has 0 saturated carbocycles. The van der Waals surface area contributed by atoms with E-state index in [1.54, 1.807) is 6.07 Å². The molecule has 128 valence electrons. The van der Waals surface area contributed by atoms with Crippen LogP contribution in [0.3, 0.4) is 0 Å². The van der Waals surface area contributed by atoms with E-state index in [-0.39, 0.29) is 30.3 Å². The third-order valence-corrected chi connectivity index (χ3v) is 5.26. The maximum atomic E-state index is 14.8. The lowest BCUT2D eigenvalue weighted by Crippen LogP contribution is -2.54. The van der Waals surface area contributed by atoms with Gasteiger partial charge in [0.2, 0.25) is 12.3 Å². The number of anilines is 1. The average molecular weight is 336 g/mol. The molecule has 5 unspecified atom stereocenters. The molecule has 4 saturated heterocycles. The molecule has 1 aromatic heterocycles. The first-order chi connectivity index (χ1) is 11.5. The molecule has 4 aliphatic rings. The zero-order chi connectivity index (χ0) is 16.9. The van der Waals surface area contributed by atoms with Crippen LogP contribution in [0.25, 0.3) is 0 Å². The van der Waals surface area contributed by atoms with Crippen LogP contribution in [-0.2, 0) is 16.1 Å². The fraction of sp³-hybridized carbons (Fsp3) is 0.533. The summed E-state index contributed by atoms with van der Waals surface area (Å²) in [5, 5.41) is 5.18. The van der Waals surface area contributed by atoms with Gasteiger partial charge < -0.3 is 15.2 Å². The van der Waals surface area contributed by atoms with Gasteiger partial charge in [0.15, 0.2) is 12.7 Å². The van der Waals surface area contributed by atoms with E-state index in [1.165, 1.54) is 16.8 Å². The fourth-order valence-corrected chi connectivity index (χ4v) is 4.37. The lowest BCUT2D eigenvalue weighted by Gasteiger charge is -2.30. The van der Waals surface area contributed by atoms with Gasteiger partial charge in [-0.15, -0.1) is 4.71 Å². The van der Waals surface area contributed by atoms with Gasteiger partial charge in [0.25, 0.3) is 5.56 Å². The van der Waals surface area contributed by atoms with Gasteiger partial charge in [-0.05, 0) is 16.6 Å². The lowest BCUT2D eigenvalue weighted by molar-refractivity contribution is -1.06. The number of pyridine rings is 1. The first-order valence-electron chi connectivity index (χ1n) is 7.99. The number of hydrogen-bond acceptors (Lipinski definition) is 4. The number of nitrogens with one attached hydrogen (secondary N) is 2. The van der Waals surface area contributed by atoms with Crippen molar-refractivity contribution in [2.45, 2.75) is 25.2 Å². The Hall–Kier alpha value is -2.26. The monoisotopic (exact) mass is 336 g/mol. The third-order valence-electron chi connectivity index (χ3n) is 5.26. The van der Waals surface area contributed by atoms with Crippen molar-refractivity contribution in [3.05, 3.63) is 28.7 Å². The second kappa shape index (κ2) is 5.38. The van der Waals surface area contributed by atoms with Crippen molar-refractivity contribution in [3.63, 3.8) is 0 Å². The number of halogens is 1. The minimum Gasteiger partial charge on any atom is -0.333 e. The van der Waals surface area contributed by atoms with Gasteiger partial charge in [0.05, 0.1) is 0 Å². The molecule has 8 nitrogen and oxygen atoms in total. The van der Waals surface area contributed by atoms with Gasteiger partial charge in [0.1, 0.15) is 24.9 Å². The van der Waals surface area contributed by atoms with Crippen molar-refractivity contribution in [2.75, 3.05) is 25.1 Å². The van der Waals surface area contributed by atoms with Gasteiger partial charge in [-0.2, -0.15) is 0 Å². The van der Waals surface area contributed by atoms with E-state index in [1.807, 2.05) is 4.90 Å². The van der Waals surface area contributed by atoms with E-state index in [2.05, 4.69) is 10.6 Å². The topological polar surface area (TPSA) is 83.4 Å². The van der Waals surface area contributed by atoms with Crippen molar-refractivity contribution in [3.8, 4) is 0 Å². The number of amides is 2. The summed E-state index contributed by atoms with van der Waals surface area (Å²) in [6, 6.07) is 2.83. The number of hydrogen-bond donors (Lipinski definition) is 2. The molecule has 4 fully saturated rings. The molecule has 2 amide bonds. The maximum absolute atomic E-state index is 14.8. The van der Waals surface area contributed by atoms with Crippen molar-refractivity contribution in [1.82, 2.24) is 14.8 Å². The number of carbonyl (C=O) groups excluding carboxylic acids is 2. The molecule has 5 heterocycles. The van der Waals surface area contributed by atoms with Crippen LogP contribution in [-0.4, -0.2) is 58.5 Å². The molecule has 4 bridgehead atoms. The number of carbonyl (C=O) groups is 2. The predicted octanol–water partition coefficient (Wildman–Crippen LogP) is -0.765. The third kappa shape index (κ3) is 2.31. The SMILES string of the molecule is O=CNc1cccn(CC(=O)NC2C3CC4CN2C[N+]3(F)C4)c1=O. The smallest absolute Gasteiger partial charge is 0.274 e. The van der Waals surface area contributed by atoms with Gasteiger partial charge in [-0.25, -0.2) is 4.90 Å². The lowest BCUT2D eigenvalue weighted by atomic mass is 9.98. The summed E-state index contributed by atoms with van der Waals surface area (Å²) in [5.41, 5.74) is -0.339. The minimum absolute atomic E-state index is 0.113. The largest absolute Gasteiger partial charge is 0.333 e. The summed E-state index contributed by atoms with van der Waals surface area (Å²) in [4.78, 5) is 36.9. The van der Waals surface area contributed by atoms with E-state index >= 15 is 0 Å². The molecular weight excluding hydrogens is 317 g/mol. The number of nitrogens with zero attached hydrogens (tertiary/aromatic N) is 3. The van der Waals surface area contributed by atoms with Crippen LogP contribution in [0, 0.1) is 5.92 Å². The van der Waals surface area contributed by atoms with Crippen LogP contribution in [0.1, 0.15) is 6.42 Å². The van der Waals surface area contributed by atoms with Crippen LogP contribution in [0.2, 0.25) is 0 Å². The second-order valence-electron chi connectivity index (χ2n) is 6.82. The highest BCUT2D eigenvalue weighted by molar-refractivity contribution is 5.76. The Balaban J connectivity index is 1.46. The Morgan fingerprint density at radius 2 is 2.33 bits per heavy atom. The Labute approximate surface area is 137 Å². The van der Waals surface area contributed by atoms with E-state index < -0.39 is 10.3 Å². The minimum atomic E-state index is -0.478. The van der Waals surface area contributed by atoms with Crippen molar-refractivity contribution in [1.29, 1.82) is 0 Å². The molecule has 2 N–H and O–H groups in total.